The maximum atomic E-state index is 12.9. The molecule has 0 radical (unpaired) electrons. The Morgan fingerprint density at radius 1 is 1.38 bits per heavy atom. The first-order chi connectivity index (χ1) is 6.13. The molecule has 4 nitrogen and oxygen atoms in total. The second kappa shape index (κ2) is 4.22. The van der Waals surface area contributed by atoms with Crippen LogP contribution in [0.1, 0.15) is 5.56 Å². The molecule has 3 N–H and O–H groups in total. The highest BCUT2D eigenvalue weighted by Gasteiger charge is 2.12. The van der Waals surface area contributed by atoms with Gasteiger partial charge in [0.1, 0.15) is 11.6 Å². The summed E-state index contributed by atoms with van der Waals surface area (Å²) in [6.07, 6.45) is 0. The number of aliphatic hydroxyl groups excluding tert-OH is 1. The van der Waals surface area contributed by atoms with Crippen LogP contribution in [0.3, 0.4) is 0 Å². The summed E-state index contributed by atoms with van der Waals surface area (Å²) in [5, 5.41) is 25.4. The van der Waals surface area contributed by atoms with Gasteiger partial charge in [0, 0.05) is 11.6 Å². The summed E-state index contributed by atoms with van der Waals surface area (Å²) in [4.78, 5) is 0. The molecule has 1 aromatic rings. The van der Waals surface area contributed by atoms with Crippen molar-refractivity contribution in [2.75, 3.05) is 0 Å². The molecule has 0 fully saturated rings. The molecule has 0 spiro atoms. The van der Waals surface area contributed by atoms with E-state index in [9.17, 15) is 4.39 Å². The van der Waals surface area contributed by atoms with Gasteiger partial charge in [-0.1, -0.05) is 6.07 Å². The van der Waals surface area contributed by atoms with E-state index in [1.807, 2.05) is 0 Å². The summed E-state index contributed by atoms with van der Waals surface area (Å²) in [7, 11) is -1.97. The molecular weight excluding hydrogens is 178 g/mol. The minimum absolute atomic E-state index is 0.00954. The molecule has 0 atom stereocenters. The van der Waals surface area contributed by atoms with E-state index >= 15 is 0 Å². The monoisotopic (exact) mass is 186 g/mol. The van der Waals surface area contributed by atoms with E-state index in [0.717, 1.165) is 6.07 Å². The third-order valence-electron chi connectivity index (χ3n) is 1.44. The van der Waals surface area contributed by atoms with Gasteiger partial charge in [0.15, 0.2) is 0 Å². The SMILES string of the molecule is OCc1ccc(OB(O)O)cc1F. The van der Waals surface area contributed by atoms with Gasteiger partial charge in [-0.15, -0.1) is 0 Å². The molecule has 0 unspecified atom stereocenters. The zero-order chi connectivity index (χ0) is 9.84. The Hall–Kier alpha value is -1.11. The van der Waals surface area contributed by atoms with Crippen LogP contribution in [0.2, 0.25) is 0 Å². The normalized spacial score (nSPS) is 9.85. The second-order valence-electron chi connectivity index (χ2n) is 2.36. The first-order valence-electron chi connectivity index (χ1n) is 3.55. The average molecular weight is 186 g/mol. The molecule has 0 aliphatic heterocycles. The van der Waals surface area contributed by atoms with Crippen LogP contribution in [0, 0.1) is 5.82 Å². The molecule has 1 aromatic carbocycles. The highest BCUT2D eigenvalue weighted by Crippen LogP contribution is 2.16. The van der Waals surface area contributed by atoms with Gasteiger partial charge in [0.2, 0.25) is 0 Å². The van der Waals surface area contributed by atoms with Crippen molar-refractivity contribution in [3.8, 4) is 5.75 Å². The fourth-order valence-electron chi connectivity index (χ4n) is 0.851. The van der Waals surface area contributed by atoms with E-state index in [1.165, 1.54) is 12.1 Å². The number of aliphatic hydroxyl groups is 1. The summed E-state index contributed by atoms with van der Waals surface area (Å²) >= 11 is 0. The van der Waals surface area contributed by atoms with Crippen LogP contribution in [0.25, 0.3) is 0 Å². The number of rotatable bonds is 3. The maximum absolute atomic E-state index is 12.9. The van der Waals surface area contributed by atoms with Gasteiger partial charge >= 0.3 is 7.32 Å². The minimum atomic E-state index is -1.97. The van der Waals surface area contributed by atoms with Gasteiger partial charge in [-0.05, 0) is 6.07 Å². The van der Waals surface area contributed by atoms with E-state index in [-0.39, 0.29) is 11.3 Å². The molecule has 0 aromatic heterocycles. The van der Waals surface area contributed by atoms with Crippen LogP contribution in [-0.2, 0) is 6.61 Å². The highest BCUT2D eigenvalue weighted by molar-refractivity contribution is 6.33. The first-order valence-corrected chi connectivity index (χ1v) is 3.55. The Balaban J connectivity index is 2.83. The summed E-state index contributed by atoms with van der Waals surface area (Å²) in [5.41, 5.74) is 0.125. The van der Waals surface area contributed by atoms with Crippen molar-refractivity contribution < 1.29 is 24.2 Å². The van der Waals surface area contributed by atoms with Crippen molar-refractivity contribution in [1.29, 1.82) is 0 Å². The predicted molar refractivity (Wildman–Crippen MR) is 43.1 cm³/mol. The van der Waals surface area contributed by atoms with Crippen LogP contribution >= 0.6 is 0 Å². The van der Waals surface area contributed by atoms with E-state index < -0.39 is 19.7 Å². The predicted octanol–water partition coefficient (Wildman–Crippen LogP) is -0.334. The number of halogens is 1. The lowest BCUT2D eigenvalue weighted by atomic mass is 10.2. The Morgan fingerprint density at radius 2 is 2.08 bits per heavy atom. The molecule has 0 saturated carbocycles. The van der Waals surface area contributed by atoms with Crippen molar-refractivity contribution in [2.24, 2.45) is 0 Å². The molecule has 1 rings (SSSR count). The largest absolute Gasteiger partial charge is 0.707 e. The highest BCUT2D eigenvalue weighted by atomic mass is 19.1. The number of benzene rings is 1. The number of hydrogen-bond acceptors (Lipinski definition) is 4. The van der Waals surface area contributed by atoms with Crippen molar-refractivity contribution in [3.05, 3.63) is 29.6 Å². The van der Waals surface area contributed by atoms with Crippen LogP contribution in [0.15, 0.2) is 18.2 Å². The molecule has 0 bridgehead atoms. The number of hydrogen-bond donors (Lipinski definition) is 3. The second-order valence-corrected chi connectivity index (χ2v) is 2.36. The van der Waals surface area contributed by atoms with Crippen LogP contribution < -0.4 is 4.65 Å². The van der Waals surface area contributed by atoms with E-state index in [2.05, 4.69) is 4.65 Å². The third-order valence-corrected chi connectivity index (χ3v) is 1.44. The summed E-state index contributed by atoms with van der Waals surface area (Å²) in [6.45, 7) is -0.409. The maximum Gasteiger partial charge on any atom is 0.707 e. The zero-order valence-electron chi connectivity index (χ0n) is 6.64. The molecule has 0 heterocycles. The fraction of sp³-hybridized carbons (Fsp3) is 0.143. The topological polar surface area (TPSA) is 69.9 Å². The summed E-state index contributed by atoms with van der Waals surface area (Å²) < 4.78 is 17.3. The van der Waals surface area contributed by atoms with E-state index in [4.69, 9.17) is 15.2 Å². The van der Waals surface area contributed by atoms with Crippen molar-refractivity contribution >= 4 is 7.32 Å². The van der Waals surface area contributed by atoms with Gasteiger partial charge in [0.05, 0.1) is 6.61 Å². The van der Waals surface area contributed by atoms with Crippen molar-refractivity contribution in [1.82, 2.24) is 0 Å². The lowest BCUT2D eigenvalue weighted by Crippen LogP contribution is -2.20. The molecule has 13 heavy (non-hydrogen) atoms. The molecule has 0 amide bonds. The lowest BCUT2D eigenvalue weighted by Gasteiger charge is -2.05. The Bertz CT molecular complexity index is 292. The molecule has 6 heteroatoms. The minimum Gasteiger partial charge on any atom is -0.512 e. The van der Waals surface area contributed by atoms with Crippen LogP contribution in [-0.4, -0.2) is 22.5 Å². The van der Waals surface area contributed by atoms with E-state index in [0.29, 0.717) is 0 Å². The molecule has 0 aliphatic carbocycles. The van der Waals surface area contributed by atoms with E-state index in [1.54, 1.807) is 0 Å². The Kier molecular flexibility index (Phi) is 3.24. The first kappa shape index (κ1) is 9.98. The molecule has 70 valence electrons. The lowest BCUT2D eigenvalue weighted by molar-refractivity contribution is 0.274. The van der Waals surface area contributed by atoms with Crippen LogP contribution in [0.5, 0.6) is 5.75 Å². The van der Waals surface area contributed by atoms with Gasteiger partial charge in [-0.25, -0.2) is 4.39 Å². The zero-order valence-corrected chi connectivity index (χ0v) is 6.64. The van der Waals surface area contributed by atoms with Crippen LogP contribution in [0.4, 0.5) is 4.39 Å². The van der Waals surface area contributed by atoms with Gasteiger partial charge in [0.25, 0.3) is 0 Å². The quantitative estimate of drug-likeness (QED) is 0.565. The summed E-state index contributed by atoms with van der Waals surface area (Å²) in [5.74, 6) is -0.662. The molecule has 0 aliphatic rings. The van der Waals surface area contributed by atoms with Gasteiger partial charge in [-0.3, -0.25) is 0 Å². The van der Waals surface area contributed by atoms with Crippen molar-refractivity contribution in [2.45, 2.75) is 6.61 Å². The Labute approximate surface area is 74.4 Å². The molecular formula is C7H8BFO4. The average Bonchev–Trinajstić information content (AvgIpc) is 2.03. The summed E-state index contributed by atoms with van der Waals surface area (Å²) in [6, 6.07) is 3.59. The van der Waals surface area contributed by atoms with Gasteiger partial charge < -0.3 is 19.8 Å². The molecule has 0 saturated heterocycles. The standard InChI is InChI=1S/C7H8BFO4/c9-7-3-6(13-8(11)12)2-1-5(7)4-10/h1-3,10-12H,4H2. The van der Waals surface area contributed by atoms with Crippen molar-refractivity contribution in [3.63, 3.8) is 0 Å². The third kappa shape index (κ3) is 2.69. The van der Waals surface area contributed by atoms with Gasteiger partial charge in [-0.2, -0.15) is 0 Å². The smallest absolute Gasteiger partial charge is 0.512 e. The fourth-order valence-corrected chi connectivity index (χ4v) is 0.851. The Morgan fingerprint density at radius 3 is 2.54 bits per heavy atom.